The molecule has 0 fully saturated rings. The normalized spacial score (nSPS) is 14.7. The summed E-state index contributed by atoms with van der Waals surface area (Å²) in [6, 6.07) is 35.0. The lowest BCUT2D eigenvalue weighted by molar-refractivity contribution is 1.01. The van der Waals surface area contributed by atoms with Crippen LogP contribution in [0, 0.1) is 0 Å². The minimum atomic E-state index is 0.305. The van der Waals surface area contributed by atoms with Crippen LogP contribution in [0.4, 0.5) is 0 Å². The van der Waals surface area contributed by atoms with Gasteiger partial charge in [0.05, 0.1) is 0 Å². The number of fused-ring (bicyclic) bond motifs is 3. The molecular weight excluding hydrogens is 380 g/mol. The molecule has 1 aliphatic rings. The summed E-state index contributed by atoms with van der Waals surface area (Å²) in [4.78, 5) is 0. The van der Waals surface area contributed by atoms with Crippen LogP contribution in [0.2, 0.25) is 0 Å². The SMILES string of the molecule is Brc1ccc2c(c1)-c1ccccc1C2c1ccc(-c2ccccc2)cc1. The van der Waals surface area contributed by atoms with Crippen molar-refractivity contribution in [3.63, 3.8) is 0 Å². The van der Waals surface area contributed by atoms with Gasteiger partial charge in [-0.3, -0.25) is 0 Å². The van der Waals surface area contributed by atoms with E-state index in [1.54, 1.807) is 0 Å². The van der Waals surface area contributed by atoms with Gasteiger partial charge < -0.3 is 0 Å². The van der Waals surface area contributed by atoms with Gasteiger partial charge in [-0.2, -0.15) is 0 Å². The van der Waals surface area contributed by atoms with Gasteiger partial charge in [0.25, 0.3) is 0 Å². The number of rotatable bonds is 2. The molecule has 0 amide bonds. The Morgan fingerprint density at radius 1 is 0.538 bits per heavy atom. The van der Waals surface area contributed by atoms with Gasteiger partial charge in [0.15, 0.2) is 0 Å². The zero-order chi connectivity index (χ0) is 17.5. The Kier molecular flexibility index (Phi) is 3.76. The van der Waals surface area contributed by atoms with Crippen LogP contribution in [0.15, 0.2) is 102 Å². The fourth-order valence-electron chi connectivity index (χ4n) is 4.03. The average Bonchev–Trinajstić information content (AvgIpc) is 3.02. The third kappa shape index (κ3) is 2.51. The maximum atomic E-state index is 3.63. The molecule has 1 heteroatoms. The van der Waals surface area contributed by atoms with E-state index in [1.807, 2.05) is 0 Å². The quantitative estimate of drug-likeness (QED) is 0.294. The molecule has 0 nitrogen and oxygen atoms in total. The fourth-order valence-corrected chi connectivity index (χ4v) is 4.39. The standard InChI is InChI=1S/C25H17Br/c26-20-14-15-23-24(16-20)21-8-4-5-9-22(21)25(23)19-12-10-18(11-13-19)17-6-2-1-3-7-17/h1-16,25H. The van der Waals surface area contributed by atoms with Crippen LogP contribution in [-0.2, 0) is 0 Å². The molecule has 26 heavy (non-hydrogen) atoms. The summed E-state index contributed by atoms with van der Waals surface area (Å²) in [5, 5.41) is 0. The van der Waals surface area contributed by atoms with E-state index in [-0.39, 0.29) is 0 Å². The average molecular weight is 397 g/mol. The van der Waals surface area contributed by atoms with Gasteiger partial charge >= 0.3 is 0 Å². The molecule has 0 saturated carbocycles. The van der Waals surface area contributed by atoms with E-state index < -0.39 is 0 Å². The molecule has 0 aromatic heterocycles. The number of hydrogen-bond donors (Lipinski definition) is 0. The highest BCUT2D eigenvalue weighted by Gasteiger charge is 2.29. The molecule has 1 atom stereocenters. The van der Waals surface area contributed by atoms with E-state index >= 15 is 0 Å². The van der Waals surface area contributed by atoms with Crippen molar-refractivity contribution in [3.8, 4) is 22.3 Å². The molecule has 0 aliphatic heterocycles. The highest BCUT2D eigenvalue weighted by molar-refractivity contribution is 9.10. The number of benzene rings is 4. The van der Waals surface area contributed by atoms with E-state index in [4.69, 9.17) is 0 Å². The van der Waals surface area contributed by atoms with Gasteiger partial charge in [0, 0.05) is 10.4 Å². The van der Waals surface area contributed by atoms with Crippen molar-refractivity contribution in [2.75, 3.05) is 0 Å². The first-order valence-corrected chi connectivity index (χ1v) is 9.65. The molecule has 0 heterocycles. The summed E-state index contributed by atoms with van der Waals surface area (Å²) in [5.41, 5.74) is 9.34. The van der Waals surface area contributed by atoms with E-state index in [0.717, 1.165) is 4.47 Å². The van der Waals surface area contributed by atoms with Crippen LogP contribution in [0.1, 0.15) is 22.6 Å². The Bertz CT molecular complexity index is 1080. The van der Waals surface area contributed by atoms with Crippen molar-refractivity contribution in [2.24, 2.45) is 0 Å². The van der Waals surface area contributed by atoms with E-state index in [9.17, 15) is 0 Å². The first-order valence-electron chi connectivity index (χ1n) is 8.85. The smallest absolute Gasteiger partial charge is 0.0352 e. The first-order chi connectivity index (χ1) is 12.8. The highest BCUT2D eigenvalue weighted by Crippen LogP contribution is 2.48. The first kappa shape index (κ1) is 15.6. The molecule has 124 valence electrons. The maximum Gasteiger partial charge on any atom is 0.0352 e. The van der Waals surface area contributed by atoms with E-state index in [0.29, 0.717) is 5.92 Å². The summed E-state index contributed by atoms with van der Waals surface area (Å²) >= 11 is 3.63. The molecule has 0 radical (unpaired) electrons. The van der Waals surface area contributed by atoms with Crippen molar-refractivity contribution in [2.45, 2.75) is 5.92 Å². The second-order valence-corrected chi connectivity index (χ2v) is 7.66. The molecule has 0 N–H and O–H groups in total. The highest BCUT2D eigenvalue weighted by atomic mass is 79.9. The molecule has 1 aliphatic carbocycles. The van der Waals surface area contributed by atoms with Crippen molar-refractivity contribution < 1.29 is 0 Å². The maximum absolute atomic E-state index is 3.63. The lowest BCUT2D eigenvalue weighted by atomic mass is 9.88. The lowest BCUT2D eigenvalue weighted by Gasteiger charge is -2.15. The zero-order valence-electron chi connectivity index (χ0n) is 14.2. The predicted octanol–water partition coefficient (Wildman–Crippen LogP) is 7.28. The molecule has 4 aromatic rings. The van der Waals surface area contributed by atoms with Crippen LogP contribution in [0.5, 0.6) is 0 Å². The van der Waals surface area contributed by atoms with Crippen LogP contribution in [0.3, 0.4) is 0 Å². The predicted molar refractivity (Wildman–Crippen MR) is 112 cm³/mol. The van der Waals surface area contributed by atoms with Gasteiger partial charge in [-0.05, 0) is 51.1 Å². The fraction of sp³-hybridized carbons (Fsp3) is 0.0400. The molecule has 4 aromatic carbocycles. The van der Waals surface area contributed by atoms with Gasteiger partial charge in [-0.15, -0.1) is 0 Å². The summed E-state index contributed by atoms with van der Waals surface area (Å²) in [6.07, 6.45) is 0. The summed E-state index contributed by atoms with van der Waals surface area (Å²) in [6.45, 7) is 0. The van der Waals surface area contributed by atoms with E-state index in [1.165, 1.54) is 38.9 Å². The van der Waals surface area contributed by atoms with Crippen LogP contribution < -0.4 is 0 Å². The summed E-state index contributed by atoms with van der Waals surface area (Å²) in [5.74, 6) is 0.305. The van der Waals surface area contributed by atoms with Crippen LogP contribution >= 0.6 is 15.9 Å². The van der Waals surface area contributed by atoms with E-state index in [2.05, 4.69) is 113 Å². The molecule has 0 bridgehead atoms. The Morgan fingerprint density at radius 3 is 2.00 bits per heavy atom. The molecule has 5 rings (SSSR count). The largest absolute Gasteiger partial charge is 0.0622 e. The van der Waals surface area contributed by atoms with Crippen molar-refractivity contribution >= 4 is 15.9 Å². The zero-order valence-corrected chi connectivity index (χ0v) is 15.8. The van der Waals surface area contributed by atoms with Gasteiger partial charge in [-0.25, -0.2) is 0 Å². The Hall–Kier alpha value is -2.64. The summed E-state index contributed by atoms with van der Waals surface area (Å²) in [7, 11) is 0. The second-order valence-electron chi connectivity index (χ2n) is 6.74. The Labute approximate surface area is 162 Å². The molecular formula is C25H17Br. The van der Waals surface area contributed by atoms with Gasteiger partial charge in [0.2, 0.25) is 0 Å². The third-order valence-electron chi connectivity index (χ3n) is 5.24. The van der Waals surface area contributed by atoms with Crippen molar-refractivity contribution in [3.05, 3.63) is 118 Å². The molecule has 0 saturated heterocycles. The monoisotopic (exact) mass is 396 g/mol. The minimum absolute atomic E-state index is 0.305. The Balaban J connectivity index is 1.62. The third-order valence-corrected chi connectivity index (χ3v) is 5.73. The molecule has 0 spiro atoms. The minimum Gasteiger partial charge on any atom is -0.0622 e. The lowest BCUT2D eigenvalue weighted by Crippen LogP contribution is -1.99. The van der Waals surface area contributed by atoms with Crippen molar-refractivity contribution in [1.29, 1.82) is 0 Å². The second kappa shape index (κ2) is 6.26. The summed E-state index contributed by atoms with van der Waals surface area (Å²) < 4.78 is 1.13. The Morgan fingerprint density at radius 2 is 1.19 bits per heavy atom. The van der Waals surface area contributed by atoms with Gasteiger partial charge in [0.1, 0.15) is 0 Å². The van der Waals surface area contributed by atoms with Gasteiger partial charge in [-0.1, -0.05) is 101 Å². The van der Waals surface area contributed by atoms with Crippen molar-refractivity contribution in [1.82, 2.24) is 0 Å². The molecule has 1 unspecified atom stereocenters. The number of halogens is 1. The van der Waals surface area contributed by atoms with Crippen LogP contribution in [-0.4, -0.2) is 0 Å². The number of hydrogen-bond acceptors (Lipinski definition) is 0. The topological polar surface area (TPSA) is 0 Å². The van der Waals surface area contributed by atoms with Crippen LogP contribution in [0.25, 0.3) is 22.3 Å².